The SMILES string of the molecule is CCNC(C1=CCCC1)c1ccc(Br)c(C)c1. The molecule has 0 saturated carbocycles. The van der Waals surface area contributed by atoms with Gasteiger partial charge in [-0.1, -0.05) is 46.6 Å². The Morgan fingerprint density at radius 1 is 1.41 bits per heavy atom. The van der Waals surface area contributed by atoms with Crippen LogP contribution in [0.5, 0.6) is 0 Å². The number of nitrogens with one attached hydrogen (secondary N) is 1. The summed E-state index contributed by atoms with van der Waals surface area (Å²) in [5.74, 6) is 0. The van der Waals surface area contributed by atoms with Gasteiger partial charge in [-0.3, -0.25) is 0 Å². The van der Waals surface area contributed by atoms with E-state index in [1.54, 1.807) is 5.57 Å². The maximum Gasteiger partial charge on any atom is 0.0536 e. The Bertz CT molecular complexity index is 423. The van der Waals surface area contributed by atoms with E-state index >= 15 is 0 Å². The third kappa shape index (κ3) is 2.99. The molecule has 1 unspecified atom stereocenters. The molecule has 0 amide bonds. The minimum absolute atomic E-state index is 0.411. The quantitative estimate of drug-likeness (QED) is 0.805. The first-order valence-electron chi connectivity index (χ1n) is 6.40. The van der Waals surface area contributed by atoms with Gasteiger partial charge in [0.25, 0.3) is 0 Å². The summed E-state index contributed by atoms with van der Waals surface area (Å²) in [6.45, 7) is 5.34. The second-order valence-corrected chi connectivity index (χ2v) is 5.52. The summed E-state index contributed by atoms with van der Waals surface area (Å²) in [4.78, 5) is 0. The number of hydrogen-bond acceptors (Lipinski definition) is 1. The van der Waals surface area contributed by atoms with Crippen molar-refractivity contribution >= 4 is 15.9 Å². The lowest BCUT2D eigenvalue weighted by atomic mass is 9.97. The van der Waals surface area contributed by atoms with Gasteiger partial charge in [0.15, 0.2) is 0 Å². The van der Waals surface area contributed by atoms with Crippen molar-refractivity contribution in [1.29, 1.82) is 0 Å². The Kier molecular flexibility index (Phi) is 4.41. The summed E-state index contributed by atoms with van der Waals surface area (Å²) >= 11 is 3.57. The molecule has 0 heterocycles. The Balaban J connectivity index is 2.28. The minimum Gasteiger partial charge on any atom is -0.307 e. The molecule has 0 fully saturated rings. The van der Waals surface area contributed by atoms with Gasteiger partial charge >= 0.3 is 0 Å². The van der Waals surface area contributed by atoms with Crippen molar-refractivity contribution in [1.82, 2.24) is 5.32 Å². The number of benzene rings is 1. The number of halogens is 1. The zero-order valence-electron chi connectivity index (χ0n) is 10.6. The van der Waals surface area contributed by atoms with E-state index in [4.69, 9.17) is 0 Å². The lowest BCUT2D eigenvalue weighted by Gasteiger charge is -2.20. The molecule has 1 aromatic carbocycles. The molecule has 0 spiro atoms. The highest BCUT2D eigenvalue weighted by Crippen LogP contribution is 2.32. The normalized spacial score (nSPS) is 17.0. The first kappa shape index (κ1) is 12.8. The van der Waals surface area contributed by atoms with Crippen LogP contribution in [0.25, 0.3) is 0 Å². The van der Waals surface area contributed by atoms with Crippen LogP contribution in [-0.4, -0.2) is 6.54 Å². The molecule has 1 aromatic rings. The van der Waals surface area contributed by atoms with Crippen LogP contribution in [0.1, 0.15) is 43.4 Å². The molecular weight excluding hydrogens is 274 g/mol. The first-order chi connectivity index (χ1) is 8.22. The Hall–Kier alpha value is -0.600. The molecule has 1 aliphatic carbocycles. The van der Waals surface area contributed by atoms with Gasteiger partial charge in [0.2, 0.25) is 0 Å². The highest BCUT2D eigenvalue weighted by molar-refractivity contribution is 9.10. The van der Waals surface area contributed by atoms with Gasteiger partial charge in [-0.15, -0.1) is 0 Å². The molecule has 0 saturated heterocycles. The molecule has 92 valence electrons. The van der Waals surface area contributed by atoms with Gasteiger partial charge in [0.1, 0.15) is 0 Å². The smallest absolute Gasteiger partial charge is 0.0536 e. The number of likely N-dealkylation sites (N-methyl/N-ethyl adjacent to an activating group) is 1. The molecule has 0 aliphatic heterocycles. The van der Waals surface area contributed by atoms with Crippen LogP contribution in [0, 0.1) is 6.92 Å². The number of allylic oxidation sites excluding steroid dienone is 1. The predicted octanol–water partition coefficient (Wildman–Crippen LogP) is 4.52. The van der Waals surface area contributed by atoms with E-state index in [-0.39, 0.29) is 0 Å². The summed E-state index contributed by atoms with van der Waals surface area (Å²) < 4.78 is 1.19. The number of rotatable bonds is 4. The second kappa shape index (κ2) is 5.83. The maximum absolute atomic E-state index is 3.60. The fourth-order valence-corrected chi connectivity index (χ4v) is 2.72. The van der Waals surface area contributed by atoms with Crippen molar-refractivity contribution < 1.29 is 0 Å². The van der Waals surface area contributed by atoms with E-state index in [0.717, 1.165) is 6.54 Å². The molecule has 2 rings (SSSR count). The molecule has 1 nitrogen and oxygen atoms in total. The van der Waals surface area contributed by atoms with Gasteiger partial charge in [-0.05, 0) is 49.9 Å². The van der Waals surface area contributed by atoms with Gasteiger partial charge in [-0.2, -0.15) is 0 Å². The van der Waals surface area contributed by atoms with Gasteiger partial charge in [0.05, 0.1) is 6.04 Å². The summed E-state index contributed by atoms with van der Waals surface area (Å²) in [5, 5.41) is 3.60. The van der Waals surface area contributed by atoms with Crippen LogP contribution >= 0.6 is 15.9 Å². The standard InChI is InChI=1S/C15H20BrN/c1-3-17-15(12-6-4-5-7-12)13-8-9-14(16)11(2)10-13/h6,8-10,15,17H,3-5,7H2,1-2H3. The third-order valence-electron chi connectivity index (χ3n) is 3.37. The van der Waals surface area contributed by atoms with Gasteiger partial charge in [-0.25, -0.2) is 0 Å². The van der Waals surface area contributed by atoms with Crippen molar-refractivity contribution in [3.8, 4) is 0 Å². The summed E-state index contributed by atoms with van der Waals surface area (Å²) in [6.07, 6.45) is 6.21. The number of hydrogen-bond donors (Lipinski definition) is 1. The molecule has 1 aliphatic rings. The van der Waals surface area contributed by atoms with E-state index in [2.05, 4.69) is 59.4 Å². The van der Waals surface area contributed by atoms with Crippen LogP contribution < -0.4 is 5.32 Å². The van der Waals surface area contributed by atoms with E-state index < -0.39 is 0 Å². The largest absolute Gasteiger partial charge is 0.307 e. The third-order valence-corrected chi connectivity index (χ3v) is 4.26. The number of aryl methyl sites for hydroxylation is 1. The highest BCUT2D eigenvalue weighted by atomic mass is 79.9. The highest BCUT2D eigenvalue weighted by Gasteiger charge is 2.18. The first-order valence-corrected chi connectivity index (χ1v) is 7.20. The monoisotopic (exact) mass is 293 g/mol. The Morgan fingerprint density at radius 2 is 2.24 bits per heavy atom. The zero-order chi connectivity index (χ0) is 12.3. The van der Waals surface area contributed by atoms with Crippen LogP contribution in [-0.2, 0) is 0 Å². The van der Waals surface area contributed by atoms with Crippen LogP contribution in [0.4, 0.5) is 0 Å². The van der Waals surface area contributed by atoms with Gasteiger partial charge in [0, 0.05) is 4.47 Å². The molecule has 2 heteroatoms. The molecule has 0 radical (unpaired) electrons. The van der Waals surface area contributed by atoms with Crippen molar-refractivity contribution in [2.24, 2.45) is 0 Å². The van der Waals surface area contributed by atoms with Gasteiger partial charge < -0.3 is 5.32 Å². The molecule has 1 atom stereocenters. The molecular formula is C15H20BrN. The fraction of sp³-hybridized carbons (Fsp3) is 0.467. The van der Waals surface area contributed by atoms with Crippen molar-refractivity contribution in [3.05, 3.63) is 45.4 Å². The summed E-state index contributed by atoms with van der Waals surface area (Å²) in [7, 11) is 0. The average molecular weight is 294 g/mol. The van der Waals surface area contributed by atoms with E-state index in [9.17, 15) is 0 Å². The maximum atomic E-state index is 3.60. The Labute approximate surface area is 112 Å². The molecule has 1 N–H and O–H groups in total. The van der Waals surface area contributed by atoms with Crippen LogP contribution in [0.15, 0.2) is 34.3 Å². The molecule has 0 bridgehead atoms. The van der Waals surface area contributed by atoms with E-state index in [1.165, 1.54) is 34.9 Å². The van der Waals surface area contributed by atoms with Crippen LogP contribution in [0.3, 0.4) is 0 Å². The van der Waals surface area contributed by atoms with Crippen molar-refractivity contribution in [2.45, 2.75) is 39.2 Å². The van der Waals surface area contributed by atoms with Crippen molar-refractivity contribution in [3.63, 3.8) is 0 Å². The molecule has 17 heavy (non-hydrogen) atoms. The topological polar surface area (TPSA) is 12.0 Å². The van der Waals surface area contributed by atoms with E-state index in [0.29, 0.717) is 6.04 Å². The predicted molar refractivity (Wildman–Crippen MR) is 77.2 cm³/mol. The van der Waals surface area contributed by atoms with Crippen LogP contribution in [0.2, 0.25) is 0 Å². The summed E-state index contributed by atoms with van der Waals surface area (Å²) in [5.41, 5.74) is 4.26. The minimum atomic E-state index is 0.411. The lowest BCUT2D eigenvalue weighted by molar-refractivity contribution is 0.605. The van der Waals surface area contributed by atoms with E-state index in [1.807, 2.05) is 0 Å². The Morgan fingerprint density at radius 3 is 2.82 bits per heavy atom. The molecule has 0 aromatic heterocycles. The zero-order valence-corrected chi connectivity index (χ0v) is 12.2. The van der Waals surface area contributed by atoms with Crippen molar-refractivity contribution in [2.75, 3.05) is 6.54 Å². The summed E-state index contributed by atoms with van der Waals surface area (Å²) in [6, 6.07) is 7.08. The average Bonchev–Trinajstić information content (AvgIpc) is 2.83. The second-order valence-electron chi connectivity index (χ2n) is 4.67. The lowest BCUT2D eigenvalue weighted by Crippen LogP contribution is -2.22. The fourth-order valence-electron chi connectivity index (χ4n) is 2.47.